The van der Waals surface area contributed by atoms with Gasteiger partial charge in [0.1, 0.15) is 0 Å². The Bertz CT molecular complexity index is 1170. The van der Waals surface area contributed by atoms with Gasteiger partial charge in [0.2, 0.25) is 5.91 Å². The standard InChI is InChI=1S/C24H21BrClN3O4/c25-16-7-8-20(18(14-16)23(31)17-4-1-2-5-19(17)26)27-22(30)15-28-9-11-29(12-10-28)24(32)21-6-3-13-33-21/h1-8,13-14H,9-12,15H2,(H,27,30). The highest BCUT2D eigenvalue weighted by Gasteiger charge is 2.25. The van der Waals surface area contributed by atoms with Crippen molar-refractivity contribution >= 4 is 50.8 Å². The maximum Gasteiger partial charge on any atom is 0.289 e. The van der Waals surface area contributed by atoms with E-state index in [1.54, 1.807) is 59.5 Å². The van der Waals surface area contributed by atoms with Crippen LogP contribution in [0.5, 0.6) is 0 Å². The predicted molar refractivity (Wildman–Crippen MR) is 129 cm³/mol. The first-order chi connectivity index (χ1) is 15.9. The summed E-state index contributed by atoms with van der Waals surface area (Å²) in [4.78, 5) is 41.9. The number of hydrogen-bond acceptors (Lipinski definition) is 5. The molecule has 3 aromatic rings. The number of furan rings is 1. The molecule has 0 saturated carbocycles. The number of hydrogen-bond donors (Lipinski definition) is 1. The molecule has 1 N–H and O–H groups in total. The lowest BCUT2D eigenvalue weighted by Gasteiger charge is -2.33. The van der Waals surface area contributed by atoms with Crippen LogP contribution in [0.3, 0.4) is 0 Å². The Morgan fingerprint density at radius 2 is 1.73 bits per heavy atom. The van der Waals surface area contributed by atoms with Crippen LogP contribution in [-0.2, 0) is 4.79 Å². The lowest BCUT2D eigenvalue weighted by Crippen LogP contribution is -2.50. The Balaban J connectivity index is 1.39. The predicted octanol–water partition coefficient (Wildman–Crippen LogP) is 4.32. The molecule has 170 valence electrons. The van der Waals surface area contributed by atoms with Crippen LogP contribution in [0.1, 0.15) is 26.5 Å². The first-order valence-corrected chi connectivity index (χ1v) is 11.5. The first-order valence-electron chi connectivity index (χ1n) is 10.4. The smallest absolute Gasteiger partial charge is 0.289 e. The minimum absolute atomic E-state index is 0.151. The minimum Gasteiger partial charge on any atom is -0.459 e. The van der Waals surface area contributed by atoms with E-state index in [9.17, 15) is 14.4 Å². The van der Waals surface area contributed by atoms with Crippen molar-refractivity contribution in [1.29, 1.82) is 0 Å². The van der Waals surface area contributed by atoms with Gasteiger partial charge in [0.25, 0.3) is 5.91 Å². The summed E-state index contributed by atoms with van der Waals surface area (Å²) in [7, 11) is 0. The molecule has 0 radical (unpaired) electrons. The number of amides is 2. The van der Waals surface area contributed by atoms with Crippen LogP contribution in [-0.4, -0.2) is 60.1 Å². The molecule has 1 aliphatic rings. The van der Waals surface area contributed by atoms with Crippen molar-refractivity contribution in [2.45, 2.75) is 0 Å². The molecule has 0 atom stereocenters. The zero-order valence-electron chi connectivity index (χ0n) is 17.6. The minimum atomic E-state index is -0.276. The summed E-state index contributed by atoms with van der Waals surface area (Å²) in [6, 6.07) is 15.2. The summed E-state index contributed by atoms with van der Waals surface area (Å²) in [5.74, 6) is -0.354. The molecule has 1 saturated heterocycles. The summed E-state index contributed by atoms with van der Waals surface area (Å²) < 4.78 is 5.89. The van der Waals surface area contributed by atoms with E-state index in [4.69, 9.17) is 16.0 Å². The fourth-order valence-electron chi connectivity index (χ4n) is 3.66. The number of carbonyl (C=O) groups is 3. The average Bonchev–Trinajstić information content (AvgIpc) is 3.35. The Morgan fingerprint density at radius 1 is 0.970 bits per heavy atom. The van der Waals surface area contributed by atoms with Crippen molar-refractivity contribution in [3.8, 4) is 0 Å². The van der Waals surface area contributed by atoms with Crippen molar-refractivity contribution in [3.63, 3.8) is 0 Å². The Kier molecular flexibility index (Phi) is 7.27. The summed E-state index contributed by atoms with van der Waals surface area (Å²) in [5, 5.41) is 3.20. The topological polar surface area (TPSA) is 82.9 Å². The number of benzene rings is 2. The van der Waals surface area contributed by atoms with E-state index in [1.165, 1.54) is 6.26 Å². The summed E-state index contributed by atoms with van der Waals surface area (Å²) >= 11 is 9.59. The van der Waals surface area contributed by atoms with Crippen molar-refractivity contribution in [1.82, 2.24) is 9.80 Å². The highest BCUT2D eigenvalue weighted by atomic mass is 79.9. The van der Waals surface area contributed by atoms with E-state index in [2.05, 4.69) is 21.2 Å². The van der Waals surface area contributed by atoms with Gasteiger partial charge in [-0.05, 0) is 42.5 Å². The number of ketones is 1. The van der Waals surface area contributed by atoms with Gasteiger partial charge in [-0.25, -0.2) is 0 Å². The van der Waals surface area contributed by atoms with E-state index >= 15 is 0 Å². The third kappa shape index (κ3) is 5.52. The van der Waals surface area contributed by atoms with Gasteiger partial charge < -0.3 is 14.6 Å². The lowest BCUT2D eigenvalue weighted by molar-refractivity contribution is -0.117. The molecule has 2 aromatic carbocycles. The van der Waals surface area contributed by atoms with Gasteiger partial charge in [0.05, 0.1) is 23.5 Å². The summed E-state index contributed by atoms with van der Waals surface area (Å²) in [5.41, 5.74) is 1.13. The van der Waals surface area contributed by atoms with Gasteiger partial charge >= 0.3 is 0 Å². The molecule has 7 nitrogen and oxygen atoms in total. The lowest BCUT2D eigenvalue weighted by atomic mass is 10.0. The highest BCUT2D eigenvalue weighted by Crippen LogP contribution is 2.27. The van der Waals surface area contributed by atoms with E-state index in [-0.39, 0.29) is 24.1 Å². The van der Waals surface area contributed by atoms with E-state index in [0.29, 0.717) is 58.2 Å². The van der Waals surface area contributed by atoms with Gasteiger partial charge in [0.15, 0.2) is 11.5 Å². The molecule has 0 unspecified atom stereocenters. The quantitative estimate of drug-likeness (QED) is 0.480. The number of nitrogens with one attached hydrogen (secondary N) is 1. The number of rotatable bonds is 6. The summed E-state index contributed by atoms with van der Waals surface area (Å²) in [6.45, 7) is 2.28. The second kappa shape index (κ2) is 10.3. The fraction of sp³-hybridized carbons (Fsp3) is 0.208. The number of piperazine rings is 1. The van der Waals surface area contributed by atoms with Crippen LogP contribution >= 0.6 is 27.5 Å². The van der Waals surface area contributed by atoms with Crippen molar-refractivity contribution < 1.29 is 18.8 Å². The summed E-state index contributed by atoms with van der Waals surface area (Å²) in [6.07, 6.45) is 1.47. The maximum atomic E-state index is 13.1. The molecule has 4 rings (SSSR count). The Morgan fingerprint density at radius 3 is 2.42 bits per heavy atom. The molecule has 2 heterocycles. The van der Waals surface area contributed by atoms with Crippen molar-refractivity contribution in [2.24, 2.45) is 0 Å². The average molecular weight is 531 g/mol. The molecule has 0 aliphatic carbocycles. The molecule has 1 aliphatic heterocycles. The molecule has 1 fully saturated rings. The molecule has 2 amide bonds. The van der Waals surface area contributed by atoms with Crippen LogP contribution in [0.2, 0.25) is 5.02 Å². The molecule has 9 heteroatoms. The molecule has 33 heavy (non-hydrogen) atoms. The van der Waals surface area contributed by atoms with E-state index < -0.39 is 0 Å². The largest absolute Gasteiger partial charge is 0.459 e. The third-order valence-electron chi connectivity index (χ3n) is 5.38. The SMILES string of the molecule is O=C(CN1CCN(C(=O)c2ccco2)CC1)Nc1ccc(Br)cc1C(=O)c1ccccc1Cl. The van der Waals surface area contributed by atoms with Gasteiger partial charge in [0, 0.05) is 41.8 Å². The van der Waals surface area contributed by atoms with Gasteiger partial charge in [-0.2, -0.15) is 0 Å². The second-order valence-corrected chi connectivity index (χ2v) is 8.92. The monoisotopic (exact) mass is 529 g/mol. The molecular weight excluding hydrogens is 510 g/mol. The Labute approximate surface area is 204 Å². The van der Waals surface area contributed by atoms with E-state index in [1.807, 2.05) is 4.90 Å². The fourth-order valence-corrected chi connectivity index (χ4v) is 4.24. The number of carbonyl (C=O) groups excluding carboxylic acids is 3. The van der Waals surface area contributed by atoms with Crippen LogP contribution < -0.4 is 5.32 Å². The molecule has 0 bridgehead atoms. The zero-order chi connectivity index (χ0) is 23.4. The second-order valence-electron chi connectivity index (χ2n) is 7.59. The van der Waals surface area contributed by atoms with Gasteiger partial charge in [-0.1, -0.05) is 39.7 Å². The normalized spacial score (nSPS) is 14.2. The Hall–Kier alpha value is -2.94. The van der Waals surface area contributed by atoms with Crippen LogP contribution in [0.25, 0.3) is 0 Å². The first kappa shape index (κ1) is 23.2. The van der Waals surface area contributed by atoms with Crippen LogP contribution in [0.15, 0.2) is 69.8 Å². The van der Waals surface area contributed by atoms with E-state index in [0.717, 1.165) is 0 Å². The molecular formula is C24H21BrClN3O4. The van der Waals surface area contributed by atoms with Crippen molar-refractivity contribution in [2.75, 3.05) is 38.0 Å². The van der Waals surface area contributed by atoms with Crippen molar-refractivity contribution in [3.05, 3.63) is 87.2 Å². The van der Waals surface area contributed by atoms with Crippen LogP contribution in [0, 0.1) is 0 Å². The molecule has 1 aromatic heterocycles. The number of anilines is 1. The van der Waals surface area contributed by atoms with Crippen LogP contribution in [0.4, 0.5) is 5.69 Å². The number of halogens is 2. The van der Waals surface area contributed by atoms with Gasteiger partial charge in [-0.15, -0.1) is 0 Å². The van der Waals surface area contributed by atoms with Gasteiger partial charge in [-0.3, -0.25) is 19.3 Å². The highest BCUT2D eigenvalue weighted by molar-refractivity contribution is 9.10. The maximum absolute atomic E-state index is 13.1. The molecule has 0 spiro atoms. The number of nitrogens with zero attached hydrogens (tertiary/aromatic N) is 2. The zero-order valence-corrected chi connectivity index (χ0v) is 19.9. The third-order valence-corrected chi connectivity index (χ3v) is 6.20.